The summed E-state index contributed by atoms with van der Waals surface area (Å²) in [7, 11) is 0. The average molecular weight is 195 g/mol. The highest BCUT2D eigenvalue weighted by Crippen LogP contribution is 2.12. The third kappa shape index (κ3) is 9.50. The standard InChI is InChI=1S/C13H25N/c1-12(2)9-7-5-6-8-10-13(3)11-14-4/h11-12H,4-10H2,1-3H3/b13-11+. The number of aliphatic imine (C=N–C) groups is 1. The molecule has 1 nitrogen and oxygen atoms in total. The zero-order chi connectivity index (χ0) is 10.8. The van der Waals surface area contributed by atoms with Gasteiger partial charge in [-0.05, 0) is 32.4 Å². The molecule has 0 aliphatic carbocycles. The maximum Gasteiger partial charge on any atom is 0.0249 e. The molecule has 0 aromatic carbocycles. The molecule has 0 spiro atoms. The van der Waals surface area contributed by atoms with Gasteiger partial charge in [-0.15, -0.1) is 0 Å². The SMILES string of the molecule is C=N/C=C(\C)CCCCCCC(C)C. The second kappa shape index (κ2) is 8.98. The smallest absolute Gasteiger partial charge is 0.0249 e. The molecule has 0 saturated carbocycles. The maximum absolute atomic E-state index is 3.76. The minimum Gasteiger partial charge on any atom is -0.273 e. The lowest BCUT2D eigenvalue weighted by molar-refractivity contribution is 0.520. The number of unbranched alkanes of at least 4 members (excludes halogenated alkanes) is 3. The van der Waals surface area contributed by atoms with Crippen molar-refractivity contribution in [2.24, 2.45) is 10.9 Å². The van der Waals surface area contributed by atoms with Gasteiger partial charge in [-0.25, -0.2) is 0 Å². The zero-order valence-electron chi connectivity index (χ0n) is 10.1. The highest BCUT2D eigenvalue weighted by molar-refractivity contribution is 5.26. The van der Waals surface area contributed by atoms with Gasteiger partial charge >= 0.3 is 0 Å². The van der Waals surface area contributed by atoms with Crippen molar-refractivity contribution in [3.05, 3.63) is 11.8 Å². The van der Waals surface area contributed by atoms with Crippen LogP contribution in [-0.2, 0) is 0 Å². The first-order valence-corrected chi connectivity index (χ1v) is 5.78. The summed E-state index contributed by atoms with van der Waals surface area (Å²) in [6.07, 6.45) is 9.86. The van der Waals surface area contributed by atoms with Crippen LogP contribution < -0.4 is 0 Å². The molecule has 1 heteroatoms. The Hall–Kier alpha value is -0.590. The summed E-state index contributed by atoms with van der Waals surface area (Å²) >= 11 is 0. The third-order valence-electron chi connectivity index (χ3n) is 2.41. The molecule has 0 aromatic heterocycles. The van der Waals surface area contributed by atoms with E-state index in [0.717, 1.165) is 5.92 Å². The van der Waals surface area contributed by atoms with Gasteiger partial charge in [-0.2, -0.15) is 0 Å². The Balaban J connectivity index is 3.21. The van der Waals surface area contributed by atoms with E-state index in [-0.39, 0.29) is 0 Å². The Bertz CT molecular complexity index is 168. The van der Waals surface area contributed by atoms with Gasteiger partial charge in [0, 0.05) is 6.20 Å². The van der Waals surface area contributed by atoms with E-state index in [9.17, 15) is 0 Å². The van der Waals surface area contributed by atoms with Crippen molar-refractivity contribution in [1.82, 2.24) is 0 Å². The summed E-state index contributed by atoms with van der Waals surface area (Å²) < 4.78 is 0. The molecule has 0 aliphatic rings. The summed E-state index contributed by atoms with van der Waals surface area (Å²) in [5, 5.41) is 0. The predicted octanol–water partition coefficient (Wildman–Crippen LogP) is 4.59. The lowest BCUT2D eigenvalue weighted by Gasteiger charge is -2.04. The largest absolute Gasteiger partial charge is 0.273 e. The fourth-order valence-electron chi connectivity index (χ4n) is 1.53. The summed E-state index contributed by atoms with van der Waals surface area (Å²) in [6, 6.07) is 0. The highest BCUT2D eigenvalue weighted by atomic mass is 14.6. The van der Waals surface area contributed by atoms with Gasteiger partial charge in [0.1, 0.15) is 0 Å². The first-order valence-electron chi connectivity index (χ1n) is 5.78. The molecule has 0 saturated heterocycles. The number of hydrogen-bond acceptors (Lipinski definition) is 1. The second-order valence-electron chi connectivity index (χ2n) is 4.50. The monoisotopic (exact) mass is 195 g/mol. The van der Waals surface area contributed by atoms with Crippen LogP contribution in [0, 0.1) is 5.92 Å². The van der Waals surface area contributed by atoms with Gasteiger partial charge in [0.15, 0.2) is 0 Å². The Labute approximate surface area is 89.3 Å². The van der Waals surface area contributed by atoms with Crippen LogP contribution >= 0.6 is 0 Å². The van der Waals surface area contributed by atoms with Crippen molar-refractivity contribution >= 4 is 6.72 Å². The van der Waals surface area contributed by atoms with Gasteiger partial charge in [-0.1, -0.05) is 45.1 Å². The summed E-state index contributed by atoms with van der Waals surface area (Å²) in [4.78, 5) is 3.76. The van der Waals surface area contributed by atoms with Crippen molar-refractivity contribution in [2.45, 2.75) is 59.3 Å². The van der Waals surface area contributed by atoms with E-state index in [0.29, 0.717) is 0 Å². The second-order valence-corrected chi connectivity index (χ2v) is 4.50. The predicted molar refractivity (Wildman–Crippen MR) is 65.8 cm³/mol. The van der Waals surface area contributed by atoms with Gasteiger partial charge in [0.05, 0.1) is 0 Å². The summed E-state index contributed by atoms with van der Waals surface area (Å²) in [6.45, 7) is 10.2. The number of hydrogen-bond donors (Lipinski definition) is 0. The average Bonchev–Trinajstić information content (AvgIpc) is 2.11. The molecule has 0 unspecified atom stereocenters. The fourth-order valence-corrected chi connectivity index (χ4v) is 1.53. The van der Waals surface area contributed by atoms with Crippen molar-refractivity contribution in [2.75, 3.05) is 0 Å². The topological polar surface area (TPSA) is 12.4 Å². The lowest BCUT2D eigenvalue weighted by atomic mass is 10.0. The van der Waals surface area contributed by atoms with E-state index < -0.39 is 0 Å². The molecule has 0 fully saturated rings. The van der Waals surface area contributed by atoms with Crippen LogP contribution in [0.3, 0.4) is 0 Å². The molecule has 0 amide bonds. The van der Waals surface area contributed by atoms with Gasteiger partial charge in [-0.3, -0.25) is 4.99 Å². The van der Waals surface area contributed by atoms with Crippen LogP contribution in [0.1, 0.15) is 59.3 Å². The van der Waals surface area contributed by atoms with Gasteiger partial charge < -0.3 is 0 Å². The molecule has 0 N–H and O–H groups in total. The number of nitrogens with zero attached hydrogens (tertiary/aromatic N) is 1. The van der Waals surface area contributed by atoms with Crippen molar-refractivity contribution in [3.8, 4) is 0 Å². The van der Waals surface area contributed by atoms with Crippen LogP contribution in [0.5, 0.6) is 0 Å². The molecule has 0 rings (SSSR count). The molecule has 0 atom stereocenters. The van der Waals surface area contributed by atoms with E-state index in [4.69, 9.17) is 0 Å². The highest BCUT2D eigenvalue weighted by Gasteiger charge is 1.95. The molecule has 0 radical (unpaired) electrons. The van der Waals surface area contributed by atoms with Gasteiger partial charge in [0.25, 0.3) is 0 Å². The summed E-state index contributed by atoms with van der Waals surface area (Å²) in [5.74, 6) is 0.863. The maximum atomic E-state index is 3.76. The Morgan fingerprint density at radius 1 is 1.21 bits per heavy atom. The van der Waals surface area contributed by atoms with Crippen molar-refractivity contribution < 1.29 is 0 Å². The molecule has 0 bridgehead atoms. The van der Waals surface area contributed by atoms with Crippen LogP contribution in [0.15, 0.2) is 16.8 Å². The minimum absolute atomic E-state index is 0.863. The normalized spacial score (nSPS) is 12.1. The molecular formula is C13H25N. The van der Waals surface area contributed by atoms with Crippen LogP contribution in [0.25, 0.3) is 0 Å². The van der Waals surface area contributed by atoms with E-state index in [1.807, 2.05) is 6.20 Å². The first kappa shape index (κ1) is 13.4. The van der Waals surface area contributed by atoms with E-state index in [1.54, 1.807) is 0 Å². The molecule has 0 aromatic rings. The Morgan fingerprint density at radius 2 is 1.86 bits per heavy atom. The minimum atomic E-state index is 0.863. The lowest BCUT2D eigenvalue weighted by Crippen LogP contribution is -1.87. The molecule has 82 valence electrons. The summed E-state index contributed by atoms with van der Waals surface area (Å²) in [5.41, 5.74) is 1.35. The quantitative estimate of drug-likeness (QED) is 0.397. The van der Waals surface area contributed by atoms with Crippen LogP contribution in [0.4, 0.5) is 0 Å². The molecule has 0 aliphatic heterocycles. The Morgan fingerprint density at radius 3 is 2.43 bits per heavy atom. The van der Waals surface area contributed by atoms with Crippen molar-refractivity contribution in [1.29, 1.82) is 0 Å². The van der Waals surface area contributed by atoms with E-state index >= 15 is 0 Å². The Kier molecular flexibility index (Phi) is 8.61. The first-order chi connectivity index (χ1) is 6.66. The van der Waals surface area contributed by atoms with E-state index in [2.05, 4.69) is 32.5 Å². The molecular weight excluding hydrogens is 170 g/mol. The fraction of sp³-hybridized carbons (Fsp3) is 0.769. The molecule has 0 heterocycles. The zero-order valence-corrected chi connectivity index (χ0v) is 10.1. The van der Waals surface area contributed by atoms with Crippen LogP contribution in [0.2, 0.25) is 0 Å². The van der Waals surface area contributed by atoms with Gasteiger partial charge in [0.2, 0.25) is 0 Å². The molecule has 14 heavy (non-hydrogen) atoms. The number of rotatable bonds is 8. The van der Waals surface area contributed by atoms with E-state index in [1.165, 1.54) is 44.1 Å². The number of allylic oxidation sites excluding steroid dienone is 1. The third-order valence-corrected chi connectivity index (χ3v) is 2.41. The van der Waals surface area contributed by atoms with Crippen molar-refractivity contribution in [3.63, 3.8) is 0 Å². The van der Waals surface area contributed by atoms with Crippen LogP contribution in [-0.4, -0.2) is 6.72 Å².